The van der Waals surface area contributed by atoms with E-state index in [1.165, 1.54) is 22.3 Å². The fraction of sp³-hybridized carbons (Fsp3) is 0.0476. The van der Waals surface area contributed by atoms with Crippen molar-refractivity contribution in [2.75, 3.05) is 10.6 Å². The van der Waals surface area contributed by atoms with E-state index in [1.54, 1.807) is 54.6 Å². The number of amides is 1. The lowest BCUT2D eigenvalue weighted by Crippen LogP contribution is -2.18. The first-order valence-electron chi connectivity index (χ1n) is 9.48. The number of benzene rings is 2. The van der Waals surface area contributed by atoms with Crippen molar-refractivity contribution >= 4 is 44.9 Å². The highest BCUT2D eigenvalue weighted by Gasteiger charge is 2.21. The number of hydrogen-bond acceptors (Lipinski definition) is 6. The Morgan fingerprint density at radius 2 is 1.88 bits per heavy atom. The molecule has 0 aliphatic rings. The number of halogens is 1. The molecule has 2 heterocycles. The Morgan fingerprint density at radius 3 is 2.59 bits per heavy atom. The number of H-pyrrole nitrogens is 1. The molecule has 0 bridgehead atoms. The van der Waals surface area contributed by atoms with Gasteiger partial charge in [-0.3, -0.25) is 9.89 Å². The van der Waals surface area contributed by atoms with Gasteiger partial charge in [0.1, 0.15) is 11.4 Å². The molecular formula is C21H19ClN6O3S. The van der Waals surface area contributed by atoms with Crippen molar-refractivity contribution in [1.29, 1.82) is 0 Å². The van der Waals surface area contributed by atoms with Gasteiger partial charge in [-0.05, 0) is 42.5 Å². The predicted molar refractivity (Wildman–Crippen MR) is 123 cm³/mol. The summed E-state index contributed by atoms with van der Waals surface area (Å²) in [7, 11) is -3.76. The highest BCUT2D eigenvalue weighted by Crippen LogP contribution is 2.26. The van der Waals surface area contributed by atoms with E-state index in [0.717, 1.165) is 0 Å². The second-order valence-corrected chi connectivity index (χ2v) is 9.04. The van der Waals surface area contributed by atoms with Crippen molar-refractivity contribution in [2.24, 2.45) is 5.73 Å². The summed E-state index contributed by atoms with van der Waals surface area (Å²) in [4.78, 5) is 12.3. The standard InChI is InChI=1S/C21H19ClN6O3S/c22-14-6-4-7-15(12-14)25-21-18(19(23)29)20(26-27-21)24-13-16-8-5-11-28(16)32(30,31)17-9-2-1-3-10-17/h1-12H,13H2,(H2,23,29)(H3,24,25,26,27). The normalized spacial score (nSPS) is 11.3. The lowest BCUT2D eigenvalue weighted by molar-refractivity contribution is 0.100. The molecule has 11 heteroatoms. The Hall–Kier alpha value is -3.76. The number of anilines is 3. The van der Waals surface area contributed by atoms with Crippen molar-refractivity contribution < 1.29 is 13.2 Å². The van der Waals surface area contributed by atoms with Crippen LogP contribution >= 0.6 is 11.6 Å². The second kappa shape index (κ2) is 8.77. The van der Waals surface area contributed by atoms with Gasteiger partial charge in [0.25, 0.3) is 15.9 Å². The van der Waals surface area contributed by atoms with Crippen LogP contribution in [0.5, 0.6) is 0 Å². The molecule has 0 spiro atoms. The van der Waals surface area contributed by atoms with Crippen LogP contribution in [0.1, 0.15) is 16.1 Å². The number of rotatable bonds is 8. The molecule has 0 aliphatic carbocycles. The van der Waals surface area contributed by atoms with Crippen LogP contribution in [0.25, 0.3) is 0 Å². The Kier molecular flexibility index (Phi) is 5.89. The molecular weight excluding hydrogens is 452 g/mol. The van der Waals surface area contributed by atoms with Gasteiger partial charge in [0.05, 0.1) is 17.1 Å². The van der Waals surface area contributed by atoms with Crippen LogP contribution in [-0.2, 0) is 16.6 Å². The zero-order valence-corrected chi connectivity index (χ0v) is 18.2. The summed E-state index contributed by atoms with van der Waals surface area (Å²) in [6, 6.07) is 18.3. The number of carbonyl (C=O) groups is 1. The van der Waals surface area contributed by atoms with Gasteiger partial charge in [0.2, 0.25) is 0 Å². The second-order valence-electron chi connectivity index (χ2n) is 6.79. The largest absolute Gasteiger partial charge is 0.365 e. The van der Waals surface area contributed by atoms with Crippen molar-refractivity contribution in [3.63, 3.8) is 0 Å². The minimum absolute atomic E-state index is 0.0841. The van der Waals surface area contributed by atoms with Crippen LogP contribution < -0.4 is 16.4 Å². The van der Waals surface area contributed by atoms with E-state index < -0.39 is 15.9 Å². The maximum absolute atomic E-state index is 13.0. The molecule has 9 nitrogen and oxygen atoms in total. The number of nitrogens with two attached hydrogens (primary N) is 1. The summed E-state index contributed by atoms with van der Waals surface area (Å²) >= 11 is 6.00. The van der Waals surface area contributed by atoms with Crippen LogP contribution in [0, 0.1) is 0 Å². The first-order valence-corrected chi connectivity index (χ1v) is 11.3. The minimum atomic E-state index is -3.76. The summed E-state index contributed by atoms with van der Waals surface area (Å²) in [5.74, 6) is -0.237. The molecule has 32 heavy (non-hydrogen) atoms. The Labute approximate surface area is 189 Å². The predicted octanol–water partition coefficient (Wildman–Crippen LogP) is 3.56. The lowest BCUT2D eigenvalue weighted by Gasteiger charge is -2.11. The van der Waals surface area contributed by atoms with Gasteiger partial charge in [-0.25, -0.2) is 12.4 Å². The van der Waals surface area contributed by atoms with Crippen LogP contribution in [0.3, 0.4) is 0 Å². The van der Waals surface area contributed by atoms with Gasteiger partial charge in [-0.2, -0.15) is 5.10 Å². The summed E-state index contributed by atoms with van der Waals surface area (Å²) in [6.07, 6.45) is 1.46. The highest BCUT2D eigenvalue weighted by molar-refractivity contribution is 7.90. The zero-order chi connectivity index (χ0) is 22.7. The van der Waals surface area contributed by atoms with Gasteiger partial charge >= 0.3 is 0 Å². The molecule has 2 aromatic heterocycles. The summed E-state index contributed by atoms with van der Waals surface area (Å²) in [5.41, 5.74) is 6.76. The molecule has 1 amide bonds. The van der Waals surface area contributed by atoms with E-state index in [2.05, 4.69) is 20.8 Å². The molecule has 4 rings (SSSR count). The smallest absolute Gasteiger partial charge is 0.267 e. The van der Waals surface area contributed by atoms with E-state index in [1.807, 2.05) is 0 Å². The average molecular weight is 471 g/mol. The topological polar surface area (TPSA) is 135 Å². The van der Waals surface area contributed by atoms with Crippen molar-refractivity contribution in [1.82, 2.24) is 14.2 Å². The van der Waals surface area contributed by atoms with E-state index >= 15 is 0 Å². The molecule has 0 saturated heterocycles. The van der Waals surface area contributed by atoms with Crippen LogP contribution in [0.15, 0.2) is 77.8 Å². The minimum Gasteiger partial charge on any atom is -0.365 e. The average Bonchev–Trinajstić information content (AvgIpc) is 3.40. The van der Waals surface area contributed by atoms with Gasteiger partial charge in [-0.1, -0.05) is 35.9 Å². The number of aromatic amines is 1. The van der Waals surface area contributed by atoms with Gasteiger partial charge < -0.3 is 16.4 Å². The van der Waals surface area contributed by atoms with Crippen molar-refractivity contribution in [2.45, 2.75) is 11.4 Å². The van der Waals surface area contributed by atoms with Crippen LogP contribution in [-0.4, -0.2) is 28.5 Å². The molecule has 4 aromatic rings. The maximum atomic E-state index is 13.0. The fourth-order valence-corrected chi connectivity index (χ4v) is 4.75. The molecule has 0 atom stereocenters. The SMILES string of the molecule is NC(=O)c1c(NCc2cccn2S(=O)(=O)c2ccccc2)n[nH]c1Nc1cccc(Cl)c1. The van der Waals surface area contributed by atoms with Crippen molar-refractivity contribution in [3.05, 3.63) is 89.2 Å². The lowest BCUT2D eigenvalue weighted by atomic mass is 10.2. The molecule has 5 N–H and O–H groups in total. The van der Waals surface area contributed by atoms with Crippen LogP contribution in [0.2, 0.25) is 5.02 Å². The maximum Gasteiger partial charge on any atom is 0.267 e. The van der Waals surface area contributed by atoms with Gasteiger partial charge in [0, 0.05) is 16.9 Å². The number of primary amides is 1. The first kappa shape index (κ1) is 21.5. The Morgan fingerprint density at radius 1 is 1.09 bits per heavy atom. The van der Waals surface area contributed by atoms with E-state index in [4.69, 9.17) is 17.3 Å². The first-order chi connectivity index (χ1) is 15.4. The van der Waals surface area contributed by atoms with E-state index in [9.17, 15) is 13.2 Å². The van der Waals surface area contributed by atoms with E-state index in [-0.39, 0.29) is 28.6 Å². The van der Waals surface area contributed by atoms with E-state index in [0.29, 0.717) is 16.4 Å². The molecule has 0 saturated carbocycles. The van der Waals surface area contributed by atoms with Gasteiger partial charge in [0.15, 0.2) is 5.82 Å². The van der Waals surface area contributed by atoms with Crippen LogP contribution in [0.4, 0.5) is 17.3 Å². The number of hydrogen-bond donors (Lipinski definition) is 4. The Balaban J connectivity index is 1.58. The Bertz CT molecular complexity index is 1370. The number of aromatic nitrogens is 3. The summed E-state index contributed by atoms with van der Waals surface area (Å²) < 4.78 is 27.1. The van der Waals surface area contributed by atoms with Gasteiger partial charge in [-0.15, -0.1) is 0 Å². The summed E-state index contributed by atoms with van der Waals surface area (Å²) in [5, 5.41) is 13.4. The third-order valence-corrected chi connectivity index (χ3v) is 6.61. The molecule has 0 unspecified atom stereocenters. The summed E-state index contributed by atoms with van der Waals surface area (Å²) in [6.45, 7) is 0.0841. The zero-order valence-electron chi connectivity index (χ0n) is 16.6. The monoisotopic (exact) mass is 470 g/mol. The molecule has 0 radical (unpaired) electrons. The third-order valence-electron chi connectivity index (χ3n) is 4.64. The highest BCUT2D eigenvalue weighted by atomic mass is 35.5. The number of nitrogens with one attached hydrogen (secondary N) is 3. The molecule has 164 valence electrons. The third kappa shape index (κ3) is 4.32. The quantitative estimate of drug-likeness (QED) is 0.311. The number of carbonyl (C=O) groups excluding carboxylic acids is 1. The molecule has 0 aliphatic heterocycles. The number of nitrogens with zero attached hydrogens (tertiary/aromatic N) is 2. The molecule has 0 fully saturated rings. The fourth-order valence-electron chi connectivity index (χ4n) is 3.16. The van der Waals surface area contributed by atoms with Crippen molar-refractivity contribution in [3.8, 4) is 0 Å². The molecule has 2 aromatic carbocycles.